The molecule has 0 bridgehead atoms. The topological polar surface area (TPSA) is 84.3 Å². The van der Waals surface area contributed by atoms with Gasteiger partial charge in [0.25, 0.3) is 0 Å². The van der Waals surface area contributed by atoms with Gasteiger partial charge in [-0.05, 0) is 31.0 Å². The number of methoxy groups -OCH3 is 1. The van der Waals surface area contributed by atoms with E-state index in [1.807, 2.05) is 6.07 Å². The van der Waals surface area contributed by atoms with Crippen LogP contribution in [0.2, 0.25) is 0 Å². The van der Waals surface area contributed by atoms with Crippen LogP contribution in [0.3, 0.4) is 0 Å². The summed E-state index contributed by atoms with van der Waals surface area (Å²) in [6, 6.07) is 8.63. The Morgan fingerprint density at radius 1 is 1.33 bits per heavy atom. The van der Waals surface area contributed by atoms with Crippen LogP contribution in [-0.4, -0.2) is 34.7 Å². The van der Waals surface area contributed by atoms with Crippen LogP contribution in [0.5, 0.6) is 5.88 Å². The number of aromatic nitrogens is 2. The molecule has 0 amide bonds. The summed E-state index contributed by atoms with van der Waals surface area (Å²) in [5.41, 5.74) is 1.26. The fourth-order valence-electron chi connectivity index (χ4n) is 1.93. The second-order valence-corrected chi connectivity index (χ2v) is 4.53. The molecule has 2 aromatic rings. The van der Waals surface area contributed by atoms with Gasteiger partial charge < -0.3 is 15.2 Å². The monoisotopic (exact) mass is 287 g/mol. The highest BCUT2D eigenvalue weighted by molar-refractivity contribution is 5.87. The SMILES string of the molecule is COc1cc(NCCc2cccc(C(=O)O)c2)nc(C)n1. The van der Waals surface area contributed by atoms with Crippen molar-refractivity contribution in [2.24, 2.45) is 0 Å². The van der Waals surface area contributed by atoms with E-state index in [4.69, 9.17) is 9.84 Å². The van der Waals surface area contributed by atoms with Crippen LogP contribution >= 0.6 is 0 Å². The number of aromatic carboxylic acids is 1. The van der Waals surface area contributed by atoms with Crippen molar-refractivity contribution < 1.29 is 14.6 Å². The first-order valence-electron chi connectivity index (χ1n) is 6.54. The molecular weight excluding hydrogens is 270 g/mol. The van der Waals surface area contributed by atoms with Gasteiger partial charge in [0.1, 0.15) is 11.6 Å². The fourth-order valence-corrected chi connectivity index (χ4v) is 1.93. The molecule has 0 saturated carbocycles. The Morgan fingerprint density at radius 2 is 2.14 bits per heavy atom. The third-order valence-electron chi connectivity index (χ3n) is 2.92. The smallest absolute Gasteiger partial charge is 0.335 e. The highest BCUT2D eigenvalue weighted by Gasteiger charge is 2.04. The number of hydrogen-bond donors (Lipinski definition) is 2. The number of hydrogen-bond acceptors (Lipinski definition) is 5. The molecule has 0 saturated heterocycles. The molecule has 0 unspecified atom stereocenters. The minimum atomic E-state index is -0.916. The van der Waals surface area contributed by atoms with Crippen LogP contribution in [0.1, 0.15) is 21.7 Å². The summed E-state index contributed by atoms with van der Waals surface area (Å²) < 4.78 is 5.09. The molecule has 0 aliphatic heterocycles. The molecule has 21 heavy (non-hydrogen) atoms. The van der Waals surface area contributed by atoms with Gasteiger partial charge in [-0.15, -0.1) is 0 Å². The molecule has 110 valence electrons. The van der Waals surface area contributed by atoms with E-state index in [2.05, 4.69) is 15.3 Å². The van der Waals surface area contributed by atoms with Crippen molar-refractivity contribution in [2.45, 2.75) is 13.3 Å². The lowest BCUT2D eigenvalue weighted by molar-refractivity contribution is 0.0696. The first-order chi connectivity index (χ1) is 10.1. The zero-order chi connectivity index (χ0) is 15.2. The lowest BCUT2D eigenvalue weighted by Gasteiger charge is -2.08. The number of carboxylic acid groups (broad SMARTS) is 1. The molecule has 1 aromatic carbocycles. The van der Waals surface area contributed by atoms with Gasteiger partial charge >= 0.3 is 5.97 Å². The van der Waals surface area contributed by atoms with Crippen molar-refractivity contribution in [3.05, 3.63) is 47.3 Å². The number of nitrogens with one attached hydrogen (secondary N) is 1. The van der Waals surface area contributed by atoms with Crippen molar-refractivity contribution in [2.75, 3.05) is 19.0 Å². The van der Waals surface area contributed by atoms with Crippen LogP contribution < -0.4 is 10.1 Å². The fraction of sp³-hybridized carbons (Fsp3) is 0.267. The Balaban J connectivity index is 1.96. The minimum Gasteiger partial charge on any atom is -0.481 e. The third-order valence-corrected chi connectivity index (χ3v) is 2.92. The van der Waals surface area contributed by atoms with Crippen molar-refractivity contribution in [3.8, 4) is 5.88 Å². The zero-order valence-electron chi connectivity index (χ0n) is 12.0. The quantitative estimate of drug-likeness (QED) is 0.847. The second-order valence-electron chi connectivity index (χ2n) is 4.53. The Kier molecular flexibility index (Phi) is 4.71. The van der Waals surface area contributed by atoms with Gasteiger partial charge in [0.15, 0.2) is 0 Å². The molecule has 1 heterocycles. The summed E-state index contributed by atoms with van der Waals surface area (Å²) >= 11 is 0. The molecule has 0 atom stereocenters. The maximum atomic E-state index is 10.9. The Labute approximate surface area is 122 Å². The van der Waals surface area contributed by atoms with Crippen LogP contribution in [0, 0.1) is 6.92 Å². The molecule has 2 N–H and O–H groups in total. The number of ether oxygens (including phenoxy) is 1. The number of benzene rings is 1. The van der Waals surface area contributed by atoms with Gasteiger partial charge in [-0.25, -0.2) is 9.78 Å². The van der Waals surface area contributed by atoms with Gasteiger partial charge in [-0.1, -0.05) is 12.1 Å². The van der Waals surface area contributed by atoms with E-state index in [-0.39, 0.29) is 0 Å². The van der Waals surface area contributed by atoms with Crippen LogP contribution in [0.4, 0.5) is 5.82 Å². The highest BCUT2D eigenvalue weighted by atomic mass is 16.5. The standard InChI is InChI=1S/C15H17N3O3/c1-10-17-13(9-14(18-10)21-2)16-7-6-11-4-3-5-12(8-11)15(19)20/h3-5,8-9H,6-7H2,1-2H3,(H,19,20)(H,16,17,18). The van der Waals surface area contributed by atoms with E-state index < -0.39 is 5.97 Å². The van der Waals surface area contributed by atoms with Crippen molar-refractivity contribution >= 4 is 11.8 Å². The molecule has 6 heteroatoms. The number of aryl methyl sites for hydroxylation is 1. The van der Waals surface area contributed by atoms with Gasteiger partial charge in [0.05, 0.1) is 12.7 Å². The number of anilines is 1. The predicted molar refractivity (Wildman–Crippen MR) is 78.9 cm³/mol. The van der Waals surface area contributed by atoms with Crippen molar-refractivity contribution in [3.63, 3.8) is 0 Å². The van der Waals surface area contributed by atoms with Crippen molar-refractivity contribution in [1.29, 1.82) is 0 Å². The van der Waals surface area contributed by atoms with E-state index in [9.17, 15) is 4.79 Å². The van der Waals surface area contributed by atoms with E-state index >= 15 is 0 Å². The van der Waals surface area contributed by atoms with Crippen LogP contribution in [-0.2, 0) is 6.42 Å². The second kappa shape index (κ2) is 6.69. The molecule has 0 spiro atoms. The Bertz CT molecular complexity index is 644. The molecule has 0 fully saturated rings. The number of carboxylic acids is 1. The highest BCUT2D eigenvalue weighted by Crippen LogP contribution is 2.13. The third kappa shape index (κ3) is 4.17. The molecule has 0 aliphatic carbocycles. The molecule has 2 rings (SSSR count). The summed E-state index contributed by atoms with van der Waals surface area (Å²) in [5, 5.41) is 12.1. The Hall–Kier alpha value is -2.63. The molecule has 1 aromatic heterocycles. The summed E-state index contributed by atoms with van der Waals surface area (Å²) in [4.78, 5) is 19.3. The minimum absolute atomic E-state index is 0.298. The van der Waals surface area contributed by atoms with Gasteiger partial charge in [0.2, 0.25) is 5.88 Å². The number of carbonyl (C=O) groups is 1. The molecule has 0 aliphatic rings. The lowest BCUT2D eigenvalue weighted by Crippen LogP contribution is -2.08. The normalized spacial score (nSPS) is 10.2. The average Bonchev–Trinajstić information content (AvgIpc) is 2.47. The van der Waals surface area contributed by atoms with Crippen LogP contribution in [0.25, 0.3) is 0 Å². The number of nitrogens with zero attached hydrogens (tertiary/aromatic N) is 2. The maximum absolute atomic E-state index is 10.9. The average molecular weight is 287 g/mol. The van der Waals surface area contributed by atoms with E-state index in [0.717, 1.165) is 5.56 Å². The van der Waals surface area contributed by atoms with Gasteiger partial charge in [0, 0.05) is 12.6 Å². The molecule has 6 nitrogen and oxygen atoms in total. The summed E-state index contributed by atoms with van der Waals surface area (Å²) in [6.45, 7) is 2.44. The van der Waals surface area contributed by atoms with Crippen LogP contribution in [0.15, 0.2) is 30.3 Å². The molecular formula is C15H17N3O3. The maximum Gasteiger partial charge on any atom is 0.335 e. The van der Waals surface area contributed by atoms with E-state index in [1.54, 1.807) is 38.3 Å². The lowest BCUT2D eigenvalue weighted by atomic mass is 10.1. The predicted octanol–water partition coefficient (Wildman–Crippen LogP) is 2.15. The van der Waals surface area contributed by atoms with E-state index in [1.165, 1.54) is 0 Å². The Morgan fingerprint density at radius 3 is 2.86 bits per heavy atom. The summed E-state index contributed by atoms with van der Waals surface area (Å²) in [5.74, 6) is 0.914. The summed E-state index contributed by atoms with van der Waals surface area (Å²) in [7, 11) is 1.56. The first kappa shape index (κ1) is 14.8. The summed E-state index contributed by atoms with van der Waals surface area (Å²) in [6.07, 6.45) is 0.701. The first-order valence-corrected chi connectivity index (χ1v) is 6.54. The van der Waals surface area contributed by atoms with E-state index in [0.29, 0.717) is 36.1 Å². The number of rotatable bonds is 6. The largest absolute Gasteiger partial charge is 0.481 e. The molecule has 0 radical (unpaired) electrons. The van der Waals surface area contributed by atoms with Gasteiger partial charge in [-0.3, -0.25) is 0 Å². The van der Waals surface area contributed by atoms with Crippen molar-refractivity contribution in [1.82, 2.24) is 9.97 Å². The van der Waals surface area contributed by atoms with Gasteiger partial charge in [-0.2, -0.15) is 4.98 Å². The zero-order valence-corrected chi connectivity index (χ0v) is 12.0.